The lowest BCUT2D eigenvalue weighted by Gasteiger charge is -2.02. The molecule has 0 amide bonds. The lowest BCUT2D eigenvalue weighted by Crippen LogP contribution is -2.07. The predicted octanol–water partition coefficient (Wildman–Crippen LogP) is 3.79. The largest absolute Gasteiger partial charge is 0.294 e. The number of aromatic nitrogens is 2. The van der Waals surface area contributed by atoms with Gasteiger partial charge < -0.3 is 0 Å². The Hall–Kier alpha value is -2.20. The molecule has 0 spiro atoms. The minimum absolute atomic E-state index is 0.00256. The number of halogens is 2. The van der Waals surface area contributed by atoms with Crippen LogP contribution in [0.5, 0.6) is 0 Å². The van der Waals surface area contributed by atoms with Gasteiger partial charge in [0.2, 0.25) is 0 Å². The highest BCUT2D eigenvalue weighted by atomic mass is 35.5. The Bertz CT molecular complexity index is 841. The first-order valence-electron chi connectivity index (χ1n) is 6.45. The average molecular weight is 303 g/mol. The standard InChI is InChI=1S/C16H12ClFN2O/c1-20-14-8-3-2-5-10(14)13(19-20)9-15(21)11-6-4-7-12(17)16(11)18/h2-8H,9H2,1H3. The third-order valence-corrected chi connectivity index (χ3v) is 3.71. The second-order valence-corrected chi connectivity index (χ2v) is 5.20. The molecule has 1 heterocycles. The Morgan fingerprint density at radius 2 is 2.00 bits per heavy atom. The number of carbonyl (C=O) groups is 1. The molecule has 0 radical (unpaired) electrons. The van der Waals surface area contributed by atoms with Crippen LogP contribution in [0.2, 0.25) is 5.02 Å². The van der Waals surface area contributed by atoms with Gasteiger partial charge in [-0.3, -0.25) is 9.48 Å². The van der Waals surface area contributed by atoms with Crippen molar-refractivity contribution in [2.24, 2.45) is 7.05 Å². The second kappa shape index (κ2) is 5.30. The first-order chi connectivity index (χ1) is 10.1. The van der Waals surface area contributed by atoms with E-state index in [1.165, 1.54) is 12.1 Å². The molecule has 5 heteroatoms. The number of aryl methyl sites for hydroxylation is 1. The molecule has 0 aliphatic carbocycles. The van der Waals surface area contributed by atoms with Crippen LogP contribution in [0, 0.1) is 5.82 Å². The van der Waals surface area contributed by atoms with Crippen molar-refractivity contribution in [2.45, 2.75) is 6.42 Å². The van der Waals surface area contributed by atoms with E-state index in [-0.39, 0.29) is 22.8 Å². The third-order valence-electron chi connectivity index (χ3n) is 3.41. The van der Waals surface area contributed by atoms with Gasteiger partial charge in [0, 0.05) is 12.4 Å². The van der Waals surface area contributed by atoms with Crippen LogP contribution >= 0.6 is 11.6 Å². The van der Waals surface area contributed by atoms with Crippen molar-refractivity contribution >= 4 is 28.3 Å². The molecule has 3 aromatic rings. The second-order valence-electron chi connectivity index (χ2n) is 4.79. The molecule has 3 nitrogen and oxygen atoms in total. The van der Waals surface area contributed by atoms with E-state index in [2.05, 4.69) is 5.10 Å². The zero-order valence-corrected chi connectivity index (χ0v) is 12.1. The van der Waals surface area contributed by atoms with Crippen LogP contribution in [0.4, 0.5) is 4.39 Å². The van der Waals surface area contributed by atoms with Crippen molar-refractivity contribution in [3.05, 3.63) is 64.6 Å². The van der Waals surface area contributed by atoms with Crippen LogP contribution in [0.25, 0.3) is 10.9 Å². The maximum Gasteiger partial charge on any atom is 0.171 e. The fraction of sp³-hybridized carbons (Fsp3) is 0.125. The van der Waals surface area contributed by atoms with Gasteiger partial charge in [-0.2, -0.15) is 5.10 Å². The number of Topliss-reactive ketones (excluding diaryl/α,β-unsaturated/α-hetero) is 1. The monoisotopic (exact) mass is 302 g/mol. The van der Waals surface area contributed by atoms with Gasteiger partial charge in [0.05, 0.1) is 28.2 Å². The summed E-state index contributed by atoms with van der Waals surface area (Å²) in [6, 6.07) is 12.0. The summed E-state index contributed by atoms with van der Waals surface area (Å²) < 4.78 is 15.6. The zero-order chi connectivity index (χ0) is 15.0. The maximum absolute atomic E-state index is 13.9. The van der Waals surface area contributed by atoms with Gasteiger partial charge in [-0.15, -0.1) is 0 Å². The van der Waals surface area contributed by atoms with Crippen molar-refractivity contribution in [2.75, 3.05) is 0 Å². The molecule has 1 aromatic heterocycles. The third kappa shape index (κ3) is 2.43. The molecule has 0 aliphatic heterocycles. The van der Waals surface area contributed by atoms with Crippen LogP contribution in [0.3, 0.4) is 0 Å². The summed E-state index contributed by atoms with van der Waals surface area (Å²) in [5, 5.41) is 5.20. The number of carbonyl (C=O) groups excluding carboxylic acids is 1. The molecule has 106 valence electrons. The summed E-state index contributed by atoms with van der Waals surface area (Å²) in [7, 11) is 1.82. The Kier molecular flexibility index (Phi) is 3.47. The summed E-state index contributed by atoms with van der Waals surface area (Å²) in [4.78, 5) is 12.3. The van der Waals surface area contributed by atoms with Crippen LogP contribution in [-0.4, -0.2) is 15.6 Å². The Labute approximate surface area is 126 Å². The maximum atomic E-state index is 13.9. The molecule has 0 saturated carbocycles. The van der Waals surface area contributed by atoms with E-state index in [0.717, 1.165) is 10.9 Å². The molecule has 0 fully saturated rings. The van der Waals surface area contributed by atoms with Gasteiger partial charge in [-0.25, -0.2) is 4.39 Å². The van der Waals surface area contributed by atoms with Gasteiger partial charge in [-0.05, 0) is 18.2 Å². The lowest BCUT2D eigenvalue weighted by atomic mass is 10.0. The Morgan fingerprint density at radius 1 is 1.24 bits per heavy atom. The fourth-order valence-electron chi connectivity index (χ4n) is 2.39. The number of benzene rings is 2. The summed E-state index contributed by atoms with van der Waals surface area (Å²) >= 11 is 5.71. The molecular weight excluding hydrogens is 291 g/mol. The summed E-state index contributed by atoms with van der Waals surface area (Å²) in [5.74, 6) is -1.01. The van der Waals surface area contributed by atoms with E-state index in [0.29, 0.717) is 5.69 Å². The molecule has 0 bridgehead atoms. The van der Waals surface area contributed by atoms with Crippen LogP contribution in [-0.2, 0) is 13.5 Å². The van der Waals surface area contributed by atoms with Crippen molar-refractivity contribution in [3.63, 3.8) is 0 Å². The van der Waals surface area contributed by atoms with Gasteiger partial charge >= 0.3 is 0 Å². The highest BCUT2D eigenvalue weighted by Crippen LogP contribution is 2.22. The van der Waals surface area contributed by atoms with Gasteiger partial charge in [0.1, 0.15) is 0 Å². The van der Waals surface area contributed by atoms with Crippen molar-refractivity contribution in [3.8, 4) is 0 Å². The SMILES string of the molecule is Cn1nc(CC(=O)c2cccc(Cl)c2F)c2ccccc21. The summed E-state index contributed by atoms with van der Waals surface area (Å²) in [5.41, 5.74) is 1.57. The lowest BCUT2D eigenvalue weighted by molar-refractivity contribution is 0.0988. The fourth-order valence-corrected chi connectivity index (χ4v) is 2.56. The minimum atomic E-state index is -0.676. The number of ketones is 1. The smallest absolute Gasteiger partial charge is 0.171 e. The van der Waals surface area contributed by atoms with E-state index in [1.54, 1.807) is 10.7 Å². The number of para-hydroxylation sites is 1. The molecule has 21 heavy (non-hydrogen) atoms. The molecule has 0 atom stereocenters. The first kappa shape index (κ1) is 13.8. The highest BCUT2D eigenvalue weighted by molar-refractivity contribution is 6.31. The van der Waals surface area contributed by atoms with E-state index in [4.69, 9.17) is 11.6 Å². The Morgan fingerprint density at radius 3 is 2.81 bits per heavy atom. The number of hydrogen-bond acceptors (Lipinski definition) is 2. The molecule has 2 aromatic carbocycles. The summed E-state index contributed by atoms with van der Waals surface area (Å²) in [6.07, 6.45) is 0.0403. The average Bonchev–Trinajstić information content (AvgIpc) is 2.79. The van der Waals surface area contributed by atoms with Crippen LogP contribution in [0.1, 0.15) is 16.1 Å². The highest BCUT2D eigenvalue weighted by Gasteiger charge is 2.17. The number of hydrogen-bond donors (Lipinski definition) is 0. The number of nitrogens with zero attached hydrogens (tertiary/aromatic N) is 2. The van der Waals surface area contributed by atoms with Crippen LogP contribution in [0.15, 0.2) is 42.5 Å². The van der Waals surface area contributed by atoms with Crippen molar-refractivity contribution < 1.29 is 9.18 Å². The molecule has 3 rings (SSSR count). The Balaban J connectivity index is 1.99. The quantitative estimate of drug-likeness (QED) is 0.690. The predicted molar refractivity (Wildman–Crippen MR) is 80.2 cm³/mol. The van der Waals surface area contributed by atoms with E-state index in [1.807, 2.05) is 31.3 Å². The van der Waals surface area contributed by atoms with Gasteiger partial charge in [0.15, 0.2) is 11.6 Å². The molecule has 0 aliphatic rings. The molecule has 0 saturated heterocycles. The minimum Gasteiger partial charge on any atom is -0.294 e. The van der Waals surface area contributed by atoms with Crippen molar-refractivity contribution in [1.29, 1.82) is 0 Å². The summed E-state index contributed by atoms with van der Waals surface area (Å²) in [6.45, 7) is 0. The van der Waals surface area contributed by atoms with E-state index < -0.39 is 5.82 Å². The van der Waals surface area contributed by atoms with Crippen molar-refractivity contribution in [1.82, 2.24) is 9.78 Å². The topological polar surface area (TPSA) is 34.9 Å². The molecular formula is C16H12ClFN2O. The number of fused-ring (bicyclic) bond motifs is 1. The van der Waals surface area contributed by atoms with Gasteiger partial charge in [0.25, 0.3) is 0 Å². The van der Waals surface area contributed by atoms with E-state index >= 15 is 0 Å². The molecule has 0 N–H and O–H groups in total. The number of rotatable bonds is 3. The zero-order valence-electron chi connectivity index (χ0n) is 11.3. The molecule has 0 unspecified atom stereocenters. The van der Waals surface area contributed by atoms with E-state index in [9.17, 15) is 9.18 Å². The van der Waals surface area contributed by atoms with Crippen LogP contribution < -0.4 is 0 Å². The first-order valence-corrected chi connectivity index (χ1v) is 6.83. The van der Waals surface area contributed by atoms with Gasteiger partial charge in [-0.1, -0.05) is 35.9 Å². The normalized spacial score (nSPS) is 11.0.